The lowest BCUT2D eigenvalue weighted by atomic mass is 10.3. The van der Waals surface area contributed by atoms with Gasteiger partial charge in [-0.1, -0.05) is 11.8 Å². The first-order chi connectivity index (χ1) is 9.17. The number of rotatable bonds is 5. The Kier molecular flexibility index (Phi) is 5.72. The molecule has 0 unspecified atom stereocenters. The Hall–Kier alpha value is -1.86. The zero-order valence-corrected chi connectivity index (χ0v) is 12.1. The summed E-state index contributed by atoms with van der Waals surface area (Å²) >= 11 is 0. The molecule has 0 amide bonds. The summed E-state index contributed by atoms with van der Waals surface area (Å²) in [7, 11) is 1.58. The highest BCUT2D eigenvalue weighted by Crippen LogP contribution is 2.17. The van der Waals surface area contributed by atoms with Crippen molar-refractivity contribution in [3.8, 4) is 5.75 Å². The molecule has 0 fully saturated rings. The van der Waals surface area contributed by atoms with Crippen molar-refractivity contribution in [3.63, 3.8) is 0 Å². The van der Waals surface area contributed by atoms with E-state index in [1.54, 1.807) is 26.2 Å². The Morgan fingerprint density at radius 3 is 2.80 bits per heavy atom. The molecule has 8 heteroatoms. The highest BCUT2D eigenvalue weighted by atomic mass is 35.5. The molecule has 0 N–H and O–H groups in total. The van der Waals surface area contributed by atoms with Crippen molar-refractivity contribution in [2.75, 3.05) is 20.3 Å². The zero-order chi connectivity index (χ0) is 13.8. The van der Waals surface area contributed by atoms with Crippen LogP contribution in [0.2, 0.25) is 0 Å². The summed E-state index contributed by atoms with van der Waals surface area (Å²) in [5.41, 5.74) is 0.461. The molecule has 7 nitrogen and oxygen atoms in total. The molecule has 0 aliphatic rings. The topological polar surface area (TPSA) is 82.3 Å². The van der Waals surface area contributed by atoms with Crippen molar-refractivity contribution in [3.05, 3.63) is 34.1 Å². The van der Waals surface area contributed by atoms with E-state index in [0.29, 0.717) is 34.7 Å². The van der Waals surface area contributed by atoms with E-state index >= 15 is 0 Å². The van der Waals surface area contributed by atoms with Crippen LogP contribution in [0.25, 0.3) is 11.0 Å². The van der Waals surface area contributed by atoms with Gasteiger partial charge in [-0.05, 0) is 12.1 Å². The predicted octanol–water partition coefficient (Wildman–Crippen LogP) is 1.31. The van der Waals surface area contributed by atoms with E-state index in [9.17, 15) is 10.1 Å². The fourth-order valence-corrected chi connectivity index (χ4v) is 1.71. The minimum Gasteiger partial charge on any atom is -0.772 e. The minimum absolute atomic E-state index is 0. The molecule has 0 atom stereocenters. The molecule has 0 bridgehead atoms. The molecule has 0 aliphatic heterocycles. The highest BCUT2D eigenvalue weighted by molar-refractivity contribution is 5.85. The van der Waals surface area contributed by atoms with Gasteiger partial charge >= 0.3 is 5.82 Å². The van der Waals surface area contributed by atoms with Gasteiger partial charge in [-0.25, -0.2) is 0 Å². The third-order valence-electron chi connectivity index (χ3n) is 2.68. The first kappa shape index (κ1) is 16.2. The number of ether oxygens (including phenoxy) is 2. The number of fused-ring (bicyclic) bond motifs is 1. The van der Waals surface area contributed by atoms with E-state index in [-0.39, 0.29) is 29.3 Å². The van der Waals surface area contributed by atoms with Gasteiger partial charge < -0.3 is 14.7 Å². The van der Waals surface area contributed by atoms with Gasteiger partial charge in [0.15, 0.2) is 0 Å². The molecule has 0 aliphatic carbocycles. The lowest BCUT2D eigenvalue weighted by molar-refractivity contribution is -0.480. The molecule has 0 saturated heterocycles. The largest absolute Gasteiger partial charge is 0.772 e. The van der Waals surface area contributed by atoms with Gasteiger partial charge in [0.25, 0.3) is 0 Å². The maximum Gasteiger partial charge on any atom is 0.367 e. The Labute approximate surface area is 121 Å². The molecule has 1 aromatic carbocycles. The number of hydrogen-bond donors (Lipinski definition) is 0. The summed E-state index contributed by atoms with van der Waals surface area (Å²) in [5, 5.41) is 15.5. The van der Waals surface area contributed by atoms with Gasteiger partial charge in [-0.15, -0.1) is 12.4 Å². The molecular weight excluding hydrogens is 286 g/mol. The molecule has 2 rings (SSSR count). The summed E-state index contributed by atoms with van der Waals surface area (Å²) in [4.78, 5) is 12.4. The fraction of sp³-hybridized carbons (Fsp3) is 0.417. The third kappa shape index (κ3) is 3.17. The second-order valence-corrected chi connectivity index (χ2v) is 3.93. The van der Waals surface area contributed by atoms with Crippen LogP contribution in [0, 0.1) is 10.1 Å². The molecular formula is C12H16ClN3O4. The van der Waals surface area contributed by atoms with E-state index in [2.05, 4.69) is 5.10 Å². The normalized spacial score (nSPS) is 10.3. The van der Waals surface area contributed by atoms with Gasteiger partial charge in [0.1, 0.15) is 17.9 Å². The first-order valence-electron chi connectivity index (χ1n) is 5.95. The van der Waals surface area contributed by atoms with E-state index < -0.39 is 0 Å². The molecule has 1 heterocycles. The number of halogens is 1. The Balaban J connectivity index is 0.00000200. The molecule has 0 radical (unpaired) electrons. The van der Waals surface area contributed by atoms with Gasteiger partial charge in [-0.2, -0.15) is 4.85 Å². The molecule has 0 saturated carbocycles. The summed E-state index contributed by atoms with van der Waals surface area (Å²) < 4.78 is 10.9. The molecule has 110 valence electrons. The number of benzene rings is 1. The second-order valence-electron chi connectivity index (χ2n) is 3.93. The van der Waals surface area contributed by atoms with Crippen molar-refractivity contribution >= 4 is 23.4 Å². The third-order valence-corrected chi connectivity index (χ3v) is 2.68. The Morgan fingerprint density at radius 2 is 2.15 bits per heavy atom. The second kappa shape index (κ2) is 7.06. The monoisotopic (exact) mass is 301 g/mol. The van der Waals surface area contributed by atoms with E-state index in [0.717, 1.165) is 0 Å². The lowest BCUT2D eigenvalue weighted by Crippen LogP contribution is -2.26. The number of methoxy groups -OCH3 is 1. The molecule has 1 aromatic heterocycles. The number of aryl methyl sites for hydroxylation is 1. The Morgan fingerprint density at radius 1 is 1.40 bits per heavy atom. The fourth-order valence-electron chi connectivity index (χ4n) is 1.71. The van der Waals surface area contributed by atoms with Crippen molar-refractivity contribution < 1.29 is 13.9 Å². The van der Waals surface area contributed by atoms with Crippen molar-refractivity contribution in [2.45, 2.75) is 13.3 Å². The summed E-state index contributed by atoms with van der Waals surface area (Å²) in [6.07, 6.45) is 0.397. The van der Waals surface area contributed by atoms with Crippen molar-refractivity contribution in [2.24, 2.45) is 0 Å². The van der Waals surface area contributed by atoms with E-state index in [4.69, 9.17) is 9.47 Å². The molecule has 0 spiro atoms. The molecule has 20 heavy (non-hydrogen) atoms. The lowest BCUT2D eigenvalue weighted by Gasteiger charge is -2.09. The standard InChI is InChI=1S/C12H15N3O4.ClH/c1-3-12-13-15(17)11-8-9(19-7-6-18-2)4-5-10(11)14(12)16;/h4-5,8H,3,6-7H2,1-2H3;1H. The summed E-state index contributed by atoms with van der Waals surface area (Å²) in [6, 6.07) is 4.70. The van der Waals surface area contributed by atoms with Crippen LogP contribution in [-0.2, 0) is 11.2 Å². The van der Waals surface area contributed by atoms with Crippen molar-refractivity contribution in [1.82, 2.24) is 9.94 Å². The highest BCUT2D eigenvalue weighted by Gasteiger charge is 2.15. The van der Waals surface area contributed by atoms with E-state index in [1.165, 1.54) is 6.07 Å². The summed E-state index contributed by atoms with van der Waals surface area (Å²) in [6.45, 7) is 2.59. The summed E-state index contributed by atoms with van der Waals surface area (Å²) in [5.74, 6) is 0.691. The quantitative estimate of drug-likeness (QED) is 0.614. The average molecular weight is 302 g/mol. The van der Waals surface area contributed by atoms with Crippen LogP contribution in [0.1, 0.15) is 12.7 Å². The first-order valence-corrected chi connectivity index (χ1v) is 5.95. The van der Waals surface area contributed by atoms with Crippen LogP contribution in [0.5, 0.6) is 5.75 Å². The number of nitrogens with zero attached hydrogens (tertiary/aromatic N) is 3. The SMILES string of the molecule is CCc1nn([O-])c2cc(OCCOC)ccc2[n+]1=O.Cl. The Bertz CT molecular complexity index is 644. The van der Waals surface area contributed by atoms with Gasteiger partial charge in [-0.3, -0.25) is 0 Å². The minimum atomic E-state index is 0. The number of aromatic nitrogens is 3. The smallest absolute Gasteiger partial charge is 0.367 e. The maximum absolute atomic E-state index is 11.9. The maximum atomic E-state index is 11.9. The van der Waals surface area contributed by atoms with Crippen molar-refractivity contribution in [1.29, 1.82) is 0 Å². The van der Waals surface area contributed by atoms with Gasteiger partial charge in [0.05, 0.1) is 18.1 Å². The van der Waals surface area contributed by atoms with Crippen LogP contribution in [0.4, 0.5) is 0 Å². The van der Waals surface area contributed by atoms with Crippen LogP contribution in [0.3, 0.4) is 0 Å². The van der Waals surface area contributed by atoms with Crippen LogP contribution in [-0.4, -0.2) is 30.3 Å². The zero-order valence-electron chi connectivity index (χ0n) is 11.2. The molecule has 2 aromatic rings. The van der Waals surface area contributed by atoms with Gasteiger partial charge in [0.2, 0.25) is 5.52 Å². The van der Waals surface area contributed by atoms with Crippen LogP contribution < -0.4 is 9.16 Å². The van der Waals surface area contributed by atoms with Crippen LogP contribution in [0.15, 0.2) is 18.2 Å². The average Bonchev–Trinajstić information content (AvgIpc) is 2.43. The number of hydrogen-bond acceptors (Lipinski definition) is 5. The van der Waals surface area contributed by atoms with Gasteiger partial charge in [0, 0.05) is 17.6 Å². The predicted molar refractivity (Wildman–Crippen MR) is 75.9 cm³/mol. The van der Waals surface area contributed by atoms with E-state index in [1.807, 2.05) is 0 Å². The van der Waals surface area contributed by atoms with Crippen LogP contribution >= 0.6 is 12.4 Å².